The summed E-state index contributed by atoms with van der Waals surface area (Å²) in [7, 11) is 0. The van der Waals surface area contributed by atoms with E-state index in [1.165, 1.54) is 0 Å². The predicted molar refractivity (Wildman–Crippen MR) is 59.4 cm³/mol. The smallest absolute Gasteiger partial charge is 0.404 e. The van der Waals surface area contributed by atoms with Gasteiger partial charge < -0.3 is 15.6 Å². The molecule has 0 fully saturated rings. The van der Waals surface area contributed by atoms with Crippen molar-refractivity contribution in [3.05, 3.63) is 0 Å². The van der Waals surface area contributed by atoms with Gasteiger partial charge in [-0.3, -0.25) is 0 Å². The molecule has 0 aromatic heterocycles. The van der Waals surface area contributed by atoms with Gasteiger partial charge in [0.15, 0.2) is 0 Å². The van der Waals surface area contributed by atoms with Crippen molar-refractivity contribution in [3.63, 3.8) is 0 Å². The Morgan fingerprint density at radius 3 is 2.27 bits per heavy atom. The van der Waals surface area contributed by atoms with Crippen LogP contribution in [0.15, 0.2) is 0 Å². The van der Waals surface area contributed by atoms with Crippen molar-refractivity contribution in [2.45, 2.75) is 40.5 Å². The average Bonchev–Trinajstić information content (AvgIpc) is 2.14. The van der Waals surface area contributed by atoms with Crippen molar-refractivity contribution in [3.8, 4) is 0 Å². The van der Waals surface area contributed by atoms with Crippen LogP contribution in [0.3, 0.4) is 0 Å². The van der Waals surface area contributed by atoms with Gasteiger partial charge in [-0.1, -0.05) is 27.7 Å². The van der Waals surface area contributed by atoms with Crippen molar-refractivity contribution in [1.29, 1.82) is 0 Å². The molecule has 0 aliphatic heterocycles. The lowest BCUT2D eigenvalue weighted by molar-refractivity contribution is 0.0421. The van der Waals surface area contributed by atoms with E-state index in [0.717, 1.165) is 12.8 Å². The molecule has 0 saturated heterocycles. The van der Waals surface area contributed by atoms with Gasteiger partial charge in [-0.05, 0) is 23.7 Å². The Morgan fingerprint density at radius 2 is 1.93 bits per heavy atom. The number of aliphatic hydroxyl groups excluding tert-OH is 1. The van der Waals surface area contributed by atoms with E-state index in [0.29, 0.717) is 0 Å². The number of carbonyl (C=O) groups excluding carboxylic acids is 1. The van der Waals surface area contributed by atoms with Crippen LogP contribution in [0.1, 0.15) is 40.5 Å². The van der Waals surface area contributed by atoms with Gasteiger partial charge in [-0.15, -0.1) is 0 Å². The molecule has 15 heavy (non-hydrogen) atoms. The number of hydrogen-bond donors (Lipinski definition) is 2. The summed E-state index contributed by atoms with van der Waals surface area (Å²) in [6.45, 7) is 8.50. The van der Waals surface area contributed by atoms with Crippen LogP contribution in [0.4, 0.5) is 4.79 Å². The molecule has 0 aromatic carbocycles. The van der Waals surface area contributed by atoms with Crippen molar-refractivity contribution < 1.29 is 14.6 Å². The highest BCUT2D eigenvalue weighted by Crippen LogP contribution is 2.36. The standard InChI is InChI=1S/C11H23NO3/c1-5-11(4,7-13)6-10(2,3)8-15-9(12)14/h13H,5-8H2,1-4H3,(H2,12,14). The molecule has 1 atom stereocenters. The third-order valence-corrected chi connectivity index (χ3v) is 2.75. The van der Waals surface area contributed by atoms with Gasteiger partial charge in [0.1, 0.15) is 0 Å². The molecule has 1 amide bonds. The quantitative estimate of drug-likeness (QED) is 0.713. The minimum absolute atomic E-state index is 0.121. The Morgan fingerprint density at radius 1 is 1.40 bits per heavy atom. The Kier molecular flexibility index (Phi) is 5.08. The normalized spacial score (nSPS) is 15.8. The number of aliphatic hydroxyl groups is 1. The highest BCUT2D eigenvalue weighted by molar-refractivity contribution is 5.64. The Bertz CT molecular complexity index is 210. The van der Waals surface area contributed by atoms with E-state index < -0.39 is 6.09 Å². The Hall–Kier alpha value is -0.770. The largest absolute Gasteiger partial charge is 0.449 e. The van der Waals surface area contributed by atoms with Gasteiger partial charge in [0.2, 0.25) is 0 Å². The van der Waals surface area contributed by atoms with Crippen molar-refractivity contribution in [2.75, 3.05) is 13.2 Å². The fourth-order valence-corrected chi connectivity index (χ4v) is 1.77. The van der Waals surface area contributed by atoms with E-state index in [1.54, 1.807) is 0 Å². The van der Waals surface area contributed by atoms with Crippen LogP contribution in [0.5, 0.6) is 0 Å². The van der Waals surface area contributed by atoms with Gasteiger partial charge in [0, 0.05) is 6.61 Å². The highest BCUT2D eigenvalue weighted by Gasteiger charge is 2.31. The molecule has 4 nitrogen and oxygen atoms in total. The maximum Gasteiger partial charge on any atom is 0.404 e. The van der Waals surface area contributed by atoms with Gasteiger partial charge in [-0.2, -0.15) is 0 Å². The number of rotatable bonds is 6. The van der Waals surface area contributed by atoms with Gasteiger partial charge in [0.05, 0.1) is 6.61 Å². The summed E-state index contributed by atoms with van der Waals surface area (Å²) in [5, 5.41) is 9.29. The zero-order valence-corrected chi connectivity index (χ0v) is 10.2. The summed E-state index contributed by atoms with van der Waals surface area (Å²) < 4.78 is 4.80. The van der Waals surface area contributed by atoms with E-state index in [1.807, 2.05) is 27.7 Å². The maximum atomic E-state index is 10.5. The predicted octanol–water partition coefficient (Wildman–Crippen LogP) is 1.91. The summed E-state index contributed by atoms with van der Waals surface area (Å²) in [6.07, 6.45) is 0.939. The topological polar surface area (TPSA) is 72.6 Å². The molecule has 3 N–H and O–H groups in total. The average molecular weight is 217 g/mol. The van der Waals surface area contributed by atoms with Crippen molar-refractivity contribution in [1.82, 2.24) is 0 Å². The third kappa shape index (κ3) is 5.62. The zero-order chi connectivity index (χ0) is 12.1. The monoisotopic (exact) mass is 217 g/mol. The van der Waals surface area contributed by atoms with Crippen LogP contribution in [0.25, 0.3) is 0 Å². The SMILES string of the molecule is CCC(C)(CO)CC(C)(C)COC(N)=O. The fourth-order valence-electron chi connectivity index (χ4n) is 1.77. The molecular formula is C11H23NO3. The molecule has 0 aliphatic rings. The molecule has 0 heterocycles. The first-order chi connectivity index (χ1) is 6.74. The molecule has 0 bridgehead atoms. The van der Waals surface area contributed by atoms with Crippen LogP contribution in [-0.2, 0) is 4.74 Å². The molecule has 0 aromatic rings. The highest BCUT2D eigenvalue weighted by atomic mass is 16.5. The Balaban J connectivity index is 4.28. The molecule has 0 radical (unpaired) electrons. The van der Waals surface area contributed by atoms with Gasteiger partial charge >= 0.3 is 6.09 Å². The van der Waals surface area contributed by atoms with Crippen LogP contribution < -0.4 is 5.73 Å². The van der Waals surface area contributed by atoms with Crippen molar-refractivity contribution in [2.24, 2.45) is 16.6 Å². The fraction of sp³-hybridized carbons (Fsp3) is 0.909. The number of ether oxygens (including phenoxy) is 1. The molecule has 0 saturated carbocycles. The summed E-state index contributed by atoms with van der Waals surface area (Å²) in [5.41, 5.74) is 4.63. The molecule has 1 unspecified atom stereocenters. The van der Waals surface area contributed by atoms with Crippen LogP contribution in [-0.4, -0.2) is 24.4 Å². The lowest BCUT2D eigenvalue weighted by Gasteiger charge is -2.35. The summed E-state index contributed by atoms with van der Waals surface area (Å²) in [6, 6.07) is 0. The van der Waals surface area contributed by atoms with Crippen LogP contribution in [0.2, 0.25) is 0 Å². The number of hydrogen-bond acceptors (Lipinski definition) is 3. The summed E-state index contributed by atoms with van der Waals surface area (Å²) in [4.78, 5) is 10.5. The Labute approximate surface area is 91.8 Å². The van der Waals surface area contributed by atoms with Crippen LogP contribution in [0, 0.1) is 10.8 Å². The van der Waals surface area contributed by atoms with E-state index >= 15 is 0 Å². The summed E-state index contributed by atoms with van der Waals surface area (Å²) in [5.74, 6) is 0. The molecule has 4 heteroatoms. The van der Waals surface area contributed by atoms with E-state index in [-0.39, 0.29) is 24.0 Å². The minimum Gasteiger partial charge on any atom is -0.449 e. The van der Waals surface area contributed by atoms with Gasteiger partial charge in [0.25, 0.3) is 0 Å². The molecule has 90 valence electrons. The van der Waals surface area contributed by atoms with Crippen molar-refractivity contribution >= 4 is 6.09 Å². The number of primary amides is 1. The van der Waals surface area contributed by atoms with Gasteiger partial charge in [-0.25, -0.2) is 4.79 Å². The second kappa shape index (κ2) is 5.35. The minimum atomic E-state index is -0.745. The zero-order valence-electron chi connectivity index (χ0n) is 10.2. The second-order valence-corrected chi connectivity index (χ2v) is 5.27. The molecule has 0 rings (SSSR count). The van der Waals surface area contributed by atoms with E-state index in [2.05, 4.69) is 0 Å². The third-order valence-electron chi connectivity index (χ3n) is 2.75. The number of amides is 1. The first-order valence-electron chi connectivity index (χ1n) is 5.28. The summed E-state index contributed by atoms with van der Waals surface area (Å²) >= 11 is 0. The first kappa shape index (κ1) is 14.2. The lowest BCUT2D eigenvalue weighted by atomic mass is 9.73. The maximum absolute atomic E-state index is 10.5. The second-order valence-electron chi connectivity index (χ2n) is 5.27. The number of nitrogens with two attached hydrogens (primary N) is 1. The lowest BCUT2D eigenvalue weighted by Crippen LogP contribution is -2.33. The molecule has 0 aliphatic carbocycles. The molecular weight excluding hydrogens is 194 g/mol. The molecule has 0 spiro atoms. The number of carbonyl (C=O) groups is 1. The van der Waals surface area contributed by atoms with E-state index in [9.17, 15) is 9.90 Å². The van der Waals surface area contributed by atoms with Crippen LogP contribution >= 0.6 is 0 Å². The van der Waals surface area contributed by atoms with E-state index in [4.69, 9.17) is 10.5 Å². The first-order valence-corrected chi connectivity index (χ1v) is 5.28.